The summed E-state index contributed by atoms with van der Waals surface area (Å²) in [6.07, 6.45) is 26.4. The number of aliphatic hydroxyl groups is 1. The van der Waals surface area contributed by atoms with Gasteiger partial charge in [-0.3, -0.25) is 0 Å². The molecule has 0 aromatic heterocycles. The number of allylic oxidation sites excluding steroid dienone is 1. The van der Waals surface area contributed by atoms with E-state index in [0.29, 0.717) is 34.2 Å². The summed E-state index contributed by atoms with van der Waals surface area (Å²) in [5.41, 5.74) is 2.28. The van der Waals surface area contributed by atoms with Crippen LogP contribution in [0.15, 0.2) is 12.2 Å². The van der Waals surface area contributed by atoms with Crippen LogP contribution in [0, 0.1) is 78.1 Å². The molecule has 4 aliphatic heterocycles. The van der Waals surface area contributed by atoms with Gasteiger partial charge in [-0.25, -0.2) is 0 Å². The first-order valence-corrected chi connectivity index (χ1v) is 33.1. The molecule has 0 amide bonds. The zero-order valence-electron chi connectivity index (χ0n) is 58.4. The van der Waals surface area contributed by atoms with E-state index in [4.69, 9.17) is 14.2 Å². The van der Waals surface area contributed by atoms with E-state index < -0.39 is 11.3 Å². The van der Waals surface area contributed by atoms with Crippen LogP contribution in [0.4, 0.5) is 0 Å². The summed E-state index contributed by atoms with van der Waals surface area (Å²) in [7, 11) is 0. The van der Waals surface area contributed by atoms with Gasteiger partial charge in [-0.2, -0.15) is 15.1 Å². The van der Waals surface area contributed by atoms with E-state index in [1.807, 2.05) is 62.3 Å². The van der Waals surface area contributed by atoms with Crippen LogP contribution in [0.5, 0.6) is 0 Å². The predicted octanol–water partition coefficient (Wildman–Crippen LogP) is 9.99. The molecule has 0 radical (unpaired) electrons. The Labute approximate surface area is 542 Å². The summed E-state index contributed by atoms with van der Waals surface area (Å²) in [6.45, 7) is 57.7. The van der Waals surface area contributed by atoms with Crippen molar-refractivity contribution >= 4 is 0 Å². The minimum Gasteiger partial charge on any atom is -1.00 e. The Morgan fingerprint density at radius 2 is 1.04 bits per heavy atom. The molecule has 4 saturated heterocycles. The SMILES string of the molecule is C=C(C)[C@@H]1CC[C@]2(C)CC[C@]3(C)C(CC[C@@H]4[C@@]5(C)CC[C@H](O)C(C)(C)C5CC[C@]43C)C12.CC1(C)CCCC(C)(C)N1O.CC1(C)CCCC(C)(C)N1[O-].CC1(C)CCCC(C)(C)[N+]1=O.CCO[N+]1(O)C(C)(C)CCCC1(C)C.[Cl-].[Na+].[O-][Cl+][O-]. The molecule has 10 atom stereocenters. The summed E-state index contributed by atoms with van der Waals surface area (Å²) in [5.74, 6) is 3.98. The number of rotatable bonds is 3. The minimum absolute atomic E-state index is 0. The zero-order chi connectivity index (χ0) is 62.5. The number of hydrogen-bond acceptors (Lipinski definition) is 10. The van der Waals surface area contributed by atoms with Crippen molar-refractivity contribution in [3.63, 3.8) is 0 Å². The van der Waals surface area contributed by atoms with Crippen LogP contribution in [-0.2, 0) is 4.84 Å². The fraction of sp³-hybridized carbons (Fsp3) is 0.971. The van der Waals surface area contributed by atoms with Crippen molar-refractivity contribution in [1.29, 1.82) is 0 Å². The number of hydrogen-bond donors (Lipinski definition) is 3. The second-order valence-electron chi connectivity index (χ2n) is 34.6. The molecule has 83 heavy (non-hydrogen) atoms. The average molecular weight is 1220 g/mol. The van der Waals surface area contributed by atoms with Crippen LogP contribution >= 0.6 is 0 Å². The monoisotopic (exact) mass is 1220 g/mol. The Hall–Kier alpha value is 0.520. The first kappa shape index (κ1) is 79.6. The van der Waals surface area contributed by atoms with Crippen LogP contribution in [0.1, 0.15) is 307 Å². The van der Waals surface area contributed by atoms with Gasteiger partial charge in [0, 0.05) is 85.2 Å². The number of nitroso groups, excluding NO2 is 1. The molecule has 4 heterocycles. The van der Waals surface area contributed by atoms with Crippen molar-refractivity contribution in [3.05, 3.63) is 22.3 Å². The predicted molar refractivity (Wildman–Crippen MR) is 325 cm³/mol. The number of piperidine rings is 4. The molecule has 5 aliphatic carbocycles. The van der Waals surface area contributed by atoms with E-state index in [2.05, 4.69) is 110 Å². The Balaban J connectivity index is 0.000000381. The fourth-order valence-electron chi connectivity index (χ4n) is 20.0. The molecular weight excluding hydrogens is 1090 g/mol. The smallest absolute Gasteiger partial charge is 1.00 e. The Kier molecular flexibility index (Phi) is 27.0. The molecule has 0 aromatic carbocycles. The van der Waals surface area contributed by atoms with Gasteiger partial charge in [0.15, 0.2) is 11.1 Å². The summed E-state index contributed by atoms with van der Waals surface area (Å²) < 4.78 is 17.7. The van der Waals surface area contributed by atoms with Crippen LogP contribution in [-0.4, -0.2) is 92.2 Å². The molecule has 0 spiro atoms. The summed E-state index contributed by atoms with van der Waals surface area (Å²) >= 11 is -0.417. The second kappa shape index (κ2) is 28.2. The maximum absolute atomic E-state index is 11.7. The minimum atomic E-state index is -0.417. The third-order valence-corrected chi connectivity index (χ3v) is 25.1. The van der Waals surface area contributed by atoms with E-state index in [-0.39, 0.29) is 103 Å². The Bertz CT molecular complexity index is 2020. The zero-order valence-corrected chi connectivity index (χ0v) is 61.9. The molecule has 9 fully saturated rings. The molecule has 9 rings (SSSR count). The molecular formula is C68H129Cl2N4NaO8. The first-order valence-electron chi connectivity index (χ1n) is 32.5. The molecule has 5 saturated carbocycles. The maximum Gasteiger partial charge on any atom is 1.00 e. The third kappa shape index (κ3) is 15.9. The molecule has 484 valence electrons. The van der Waals surface area contributed by atoms with Gasteiger partial charge in [0.1, 0.15) is 6.61 Å². The van der Waals surface area contributed by atoms with Gasteiger partial charge in [0.2, 0.25) is 11.1 Å². The second-order valence-corrected chi connectivity index (χ2v) is 34.7. The van der Waals surface area contributed by atoms with E-state index in [0.717, 1.165) is 87.9 Å². The van der Waals surface area contributed by atoms with Crippen molar-refractivity contribution in [1.82, 2.24) is 10.1 Å². The van der Waals surface area contributed by atoms with Gasteiger partial charge in [-0.05, 0) is 274 Å². The van der Waals surface area contributed by atoms with Crippen LogP contribution in [0.3, 0.4) is 0 Å². The van der Waals surface area contributed by atoms with Gasteiger partial charge < -0.3 is 42.3 Å². The quantitative estimate of drug-likeness (QED) is 0.107. The van der Waals surface area contributed by atoms with E-state index in [9.17, 15) is 25.6 Å². The summed E-state index contributed by atoms with van der Waals surface area (Å²) in [5, 5.41) is 45.8. The molecule has 3 unspecified atom stereocenters. The van der Waals surface area contributed by atoms with Gasteiger partial charge >= 0.3 is 29.6 Å². The number of fused-ring (bicyclic) bond motifs is 7. The Morgan fingerprint density at radius 1 is 0.602 bits per heavy atom. The van der Waals surface area contributed by atoms with Crippen molar-refractivity contribution in [2.45, 2.75) is 358 Å². The van der Waals surface area contributed by atoms with Crippen LogP contribution in [0.25, 0.3) is 0 Å². The molecule has 9 aliphatic rings. The fourth-order valence-corrected chi connectivity index (χ4v) is 20.0. The molecule has 12 nitrogen and oxygen atoms in total. The number of halogens is 2. The topological polar surface area (TPSA) is 166 Å². The largest absolute Gasteiger partial charge is 1.00 e. The maximum atomic E-state index is 11.7. The Morgan fingerprint density at radius 3 is 1.45 bits per heavy atom. The molecule has 15 heteroatoms. The normalized spacial score (nSPS) is 38.5. The number of aliphatic hydroxyl groups excluding tert-OH is 1. The van der Waals surface area contributed by atoms with Crippen molar-refractivity contribution in [3.8, 4) is 0 Å². The van der Waals surface area contributed by atoms with Gasteiger partial charge in [0.25, 0.3) is 0 Å². The van der Waals surface area contributed by atoms with E-state index in [1.165, 1.54) is 97.5 Å². The summed E-state index contributed by atoms with van der Waals surface area (Å²) in [6, 6.07) is 0. The van der Waals surface area contributed by atoms with Crippen LogP contribution in [0.2, 0.25) is 0 Å². The number of nitrogens with zero attached hydrogens (tertiary/aromatic N) is 4. The van der Waals surface area contributed by atoms with E-state index in [1.54, 1.807) is 0 Å². The first-order chi connectivity index (χ1) is 36.6. The van der Waals surface area contributed by atoms with Gasteiger partial charge in [-0.15, -0.1) is 0 Å². The average Bonchev–Trinajstić information content (AvgIpc) is 3.69. The van der Waals surface area contributed by atoms with Crippen molar-refractivity contribution in [2.24, 2.45) is 56.7 Å². The molecule has 3 N–H and O–H groups in total. The molecule has 0 bridgehead atoms. The number of hydroxylamine groups is 8. The third-order valence-electron chi connectivity index (χ3n) is 25.1. The number of quaternary nitrogens is 1. The molecule has 0 aromatic rings. The van der Waals surface area contributed by atoms with Crippen molar-refractivity contribution < 1.29 is 92.5 Å². The van der Waals surface area contributed by atoms with Gasteiger partial charge in [-0.1, -0.05) is 53.7 Å². The van der Waals surface area contributed by atoms with E-state index >= 15 is 0 Å². The standard InChI is InChI=1S/C30H50O.C11H24NO2.C9H19NO.2C9H18NO.ClO2.ClH.Na/c1-19(2)20-11-14-27(5)17-18-29(7)21(25(20)27)9-10-23-28(6)15-13-24(31)26(3,4)22(28)12-16-30(23,29)8;1-6-14-12(13)10(2,3)8-7-9-11(12,4)5;3*1-8(2)6-5-7-9(3,4)10(8)11;2-1-3;;/h20-25,31H,1,9-18H2,2-8H3;13H,6-9H2,1-5H3;11H,5-7H2,1-4H3;2*5-7H2,1-4H3;;1H;/q;+1;;-1;+1;-1;;+1/p-1/t20-,21?,22?,23+,24-,25?,27+,28-,29+,30+;;;;;;;/m0......./s1. The van der Waals surface area contributed by atoms with Crippen molar-refractivity contribution in [2.75, 3.05) is 6.61 Å². The van der Waals surface area contributed by atoms with Gasteiger partial charge in [0.05, 0.1) is 17.4 Å². The van der Waals surface area contributed by atoms with Crippen LogP contribution < -0.4 is 51.3 Å². The summed E-state index contributed by atoms with van der Waals surface area (Å²) in [4.78, 5) is 17.0.